The summed E-state index contributed by atoms with van der Waals surface area (Å²) in [4.78, 5) is 11.2. The molecule has 0 aliphatic heterocycles. The standard InChI is InChI=1S/C12H15FO3/c1-4-16-11(14)7-9-5-8(2)6-10(15-3)12(9)13/h5-6H,4,7H2,1-3H3. The summed E-state index contributed by atoms with van der Waals surface area (Å²) in [5.41, 5.74) is 1.15. The summed E-state index contributed by atoms with van der Waals surface area (Å²) in [7, 11) is 1.39. The van der Waals surface area contributed by atoms with E-state index in [-0.39, 0.29) is 12.2 Å². The van der Waals surface area contributed by atoms with Crippen molar-refractivity contribution < 1.29 is 18.7 Å². The van der Waals surface area contributed by atoms with Crippen LogP contribution in [0.25, 0.3) is 0 Å². The van der Waals surface area contributed by atoms with E-state index in [1.165, 1.54) is 7.11 Å². The highest BCUT2D eigenvalue weighted by Gasteiger charge is 2.13. The Balaban J connectivity index is 2.95. The van der Waals surface area contributed by atoms with Gasteiger partial charge in [0.15, 0.2) is 11.6 Å². The van der Waals surface area contributed by atoms with Gasteiger partial charge in [0.2, 0.25) is 0 Å². The molecule has 0 aliphatic rings. The Morgan fingerprint density at radius 1 is 1.44 bits per heavy atom. The first-order valence-electron chi connectivity index (χ1n) is 5.07. The van der Waals surface area contributed by atoms with Gasteiger partial charge in [-0.2, -0.15) is 0 Å². The van der Waals surface area contributed by atoms with Gasteiger partial charge < -0.3 is 9.47 Å². The summed E-state index contributed by atoms with van der Waals surface area (Å²) in [5, 5.41) is 0. The van der Waals surface area contributed by atoms with Crippen LogP contribution in [0.2, 0.25) is 0 Å². The molecule has 0 aliphatic carbocycles. The molecule has 0 unspecified atom stereocenters. The Morgan fingerprint density at radius 2 is 2.12 bits per heavy atom. The summed E-state index contributed by atoms with van der Waals surface area (Å²) in [6.45, 7) is 3.82. The van der Waals surface area contributed by atoms with E-state index in [2.05, 4.69) is 0 Å². The van der Waals surface area contributed by atoms with E-state index >= 15 is 0 Å². The van der Waals surface area contributed by atoms with Crippen molar-refractivity contribution in [3.05, 3.63) is 29.1 Å². The maximum absolute atomic E-state index is 13.7. The molecule has 0 heterocycles. The second-order valence-corrected chi connectivity index (χ2v) is 3.42. The molecule has 0 aromatic heterocycles. The Bertz CT molecular complexity index is 388. The number of halogens is 1. The molecule has 1 rings (SSSR count). The summed E-state index contributed by atoms with van der Waals surface area (Å²) in [6.07, 6.45) is -0.0717. The van der Waals surface area contributed by atoms with Crippen LogP contribution < -0.4 is 4.74 Å². The lowest BCUT2D eigenvalue weighted by Gasteiger charge is -2.08. The van der Waals surface area contributed by atoms with Crippen LogP contribution in [-0.4, -0.2) is 19.7 Å². The molecule has 16 heavy (non-hydrogen) atoms. The summed E-state index contributed by atoms with van der Waals surface area (Å²) in [5.74, 6) is -0.783. The van der Waals surface area contributed by atoms with Crippen LogP contribution in [0.15, 0.2) is 12.1 Å². The van der Waals surface area contributed by atoms with Gasteiger partial charge in [-0.3, -0.25) is 4.79 Å². The number of aryl methyl sites for hydroxylation is 1. The molecule has 1 aromatic carbocycles. The Kier molecular flexibility index (Phi) is 4.28. The first kappa shape index (κ1) is 12.5. The molecular formula is C12H15FO3. The normalized spacial score (nSPS) is 10.0. The first-order valence-corrected chi connectivity index (χ1v) is 5.07. The quantitative estimate of drug-likeness (QED) is 0.739. The first-order chi connectivity index (χ1) is 7.58. The van der Waals surface area contributed by atoms with E-state index in [1.54, 1.807) is 19.1 Å². The van der Waals surface area contributed by atoms with Crippen LogP contribution in [0.1, 0.15) is 18.1 Å². The Hall–Kier alpha value is -1.58. The maximum atomic E-state index is 13.7. The predicted molar refractivity (Wildman–Crippen MR) is 58.0 cm³/mol. The van der Waals surface area contributed by atoms with Gasteiger partial charge >= 0.3 is 5.97 Å². The van der Waals surface area contributed by atoms with Crippen molar-refractivity contribution in [3.8, 4) is 5.75 Å². The zero-order valence-electron chi connectivity index (χ0n) is 9.67. The molecule has 0 spiro atoms. The molecule has 0 fully saturated rings. The van der Waals surface area contributed by atoms with Gasteiger partial charge in [-0.05, 0) is 25.5 Å². The van der Waals surface area contributed by atoms with Crippen LogP contribution >= 0.6 is 0 Å². The van der Waals surface area contributed by atoms with E-state index in [0.29, 0.717) is 12.2 Å². The summed E-state index contributed by atoms with van der Waals surface area (Å²) >= 11 is 0. The molecule has 0 amide bonds. The average Bonchev–Trinajstić information content (AvgIpc) is 2.23. The second kappa shape index (κ2) is 5.49. The summed E-state index contributed by atoms with van der Waals surface area (Å²) in [6, 6.07) is 3.21. The number of rotatable bonds is 4. The molecular weight excluding hydrogens is 211 g/mol. The van der Waals surface area contributed by atoms with Crippen molar-refractivity contribution in [2.75, 3.05) is 13.7 Å². The minimum Gasteiger partial charge on any atom is -0.494 e. The van der Waals surface area contributed by atoms with E-state index in [9.17, 15) is 9.18 Å². The van der Waals surface area contributed by atoms with Crippen LogP contribution in [0.3, 0.4) is 0 Å². The van der Waals surface area contributed by atoms with Gasteiger partial charge in [-0.1, -0.05) is 6.07 Å². The third kappa shape index (κ3) is 2.95. The van der Waals surface area contributed by atoms with Crippen molar-refractivity contribution in [1.82, 2.24) is 0 Å². The SMILES string of the molecule is CCOC(=O)Cc1cc(C)cc(OC)c1F. The highest BCUT2D eigenvalue weighted by molar-refractivity contribution is 5.73. The maximum Gasteiger partial charge on any atom is 0.310 e. The number of carbonyl (C=O) groups excluding carboxylic acids is 1. The van der Waals surface area contributed by atoms with Gasteiger partial charge in [0.25, 0.3) is 0 Å². The van der Waals surface area contributed by atoms with Crippen molar-refractivity contribution >= 4 is 5.97 Å². The van der Waals surface area contributed by atoms with Crippen molar-refractivity contribution in [1.29, 1.82) is 0 Å². The fourth-order valence-electron chi connectivity index (χ4n) is 1.45. The van der Waals surface area contributed by atoms with E-state index < -0.39 is 11.8 Å². The smallest absolute Gasteiger partial charge is 0.310 e. The lowest BCUT2D eigenvalue weighted by molar-refractivity contribution is -0.142. The van der Waals surface area contributed by atoms with Crippen LogP contribution in [-0.2, 0) is 16.0 Å². The van der Waals surface area contributed by atoms with Gasteiger partial charge in [-0.25, -0.2) is 4.39 Å². The fraction of sp³-hybridized carbons (Fsp3) is 0.417. The van der Waals surface area contributed by atoms with Crippen LogP contribution in [0, 0.1) is 12.7 Å². The van der Waals surface area contributed by atoms with E-state index in [4.69, 9.17) is 9.47 Å². The van der Waals surface area contributed by atoms with Crippen molar-refractivity contribution in [3.63, 3.8) is 0 Å². The number of carbonyl (C=O) groups is 1. The Morgan fingerprint density at radius 3 is 2.69 bits per heavy atom. The average molecular weight is 226 g/mol. The van der Waals surface area contributed by atoms with Crippen LogP contribution in [0.4, 0.5) is 4.39 Å². The number of hydrogen-bond acceptors (Lipinski definition) is 3. The van der Waals surface area contributed by atoms with Gasteiger partial charge in [0.1, 0.15) is 0 Å². The van der Waals surface area contributed by atoms with Gasteiger partial charge in [0, 0.05) is 5.56 Å². The second-order valence-electron chi connectivity index (χ2n) is 3.42. The molecule has 0 N–H and O–H groups in total. The van der Waals surface area contributed by atoms with Gasteiger partial charge in [-0.15, -0.1) is 0 Å². The van der Waals surface area contributed by atoms with Crippen LogP contribution in [0.5, 0.6) is 5.75 Å². The van der Waals surface area contributed by atoms with E-state index in [0.717, 1.165) is 5.56 Å². The topological polar surface area (TPSA) is 35.5 Å². The largest absolute Gasteiger partial charge is 0.494 e. The fourth-order valence-corrected chi connectivity index (χ4v) is 1.45. The predicted octanol–water partition coefficient (Wildman–Crippen LogP) is 2.25. The third-order valence-electron chi connectivity index (χ3n) is 2.12. The number of benzene rings is 1. The van der Waals surface area contributed by atoms with E-state index in [1.807, 2.05) is 6.92 Å². The van der Waals surface area contributed by atoms with Crippen molar-refractivity contribution in [2.45, 2.75) is 20.3 Å². The summed E-state index contributed by atoms with van der Waals surface area (Å²) < 4.78 is 23.4. The molecule has 3 nitrogen and oxygen atoms in total. The highest BCUT2D eigenvalue weighted by Crippen LogP contribution is 2.23. The highest BCUT2D eigenvalue weighted by atomic mass is 19.1. The van der Waals surface area contributed by atoms with Crippen molar-refractivity contribution in [2.24, 2.45) is 0 Å². The third-order valence-corrected chi connectivity index (χ3v) is 2.12. The molecule has 0 saturated carbocycles. The lowest BCUT2D eigenvalue weighted by atomic mass is 10.1. The number of ether oxygens (including phenoxy) is 2. The lowest BCUT2D eigenvalue weighted by Crippen LogP contribution is -2.09. The van der Waals surface area contributed by atoms with Gasteiger partial charge in [0.05, 0.1) is 20.1 Å². The minimum absolute atomic E-state index is 0.0717. The Labute approximate surface area is 94.2 Å². The number of methoxy groups -OCH3 is 1. The number of esters is 1. The minimum atomic E-state index is -0.499. The zero-order chi connectivity index (χ0) is 12.1. The number of hydrogen-bond donors (Lipinski definition) is 0. The molecule has 0 radical (unpaired) electrons. The molecule has 0 saturated heterocycles. The monoisotopic (exact) mass is 226 g/mol. The molecule has 1 aromatic rings. The molecule has 4 heteroatoms. The molecule has 88 valence electrons. The molecule has 0 atom stereocenters. The zero-order valence-corrected chi connectivity index (χ0v) is 9.67. The molecule has 0 bridgehead atoms.